The molecule has 0 aliphatic rings. The molecule has 0 saturated heterocycles. The van der Waals surface area contributed by atoms with Gasteiger partial charge in [0, 0.05) is 18.6 Å². The predicted molar refractivity (Wildman–Crippen MR) is 65.3 cm³/mol. The van der Waals surface area contributed by atoms with Crippen molar-refractivity contribution in [1.29, 1.82) is 0 Å². The van der Waals surface area contributed by atoms with Gasteiger partial charge in [0.25, 0.3) is 5.69 Å². The average molecular weight is 292 g/mol. The molecule has 0 aliphatic heterocycles. The molecule has 106 valence electrons. The number of halogens is 1. The van der Waals surface area contributed by atoms with E-state index in [1.165, 1.54) is 13.0 Å². The Kier molecular flexibility index (Phi) is 4.78. The number of nitro groups is 1. The van der Waals surface area contributed by atoms with Crippen molar-refractivity contribution in [3.05, 3.63) is 27.8 Å². The molecule has 2 N–H and O–H groups in total. The van der Waals surface area contributed by atoms with Crippen molar-refractivity contribution in [2.75, 3.05) is 13.3 Å². The molecule has 0 saturated carbocycles. The smallest absolute Gasteiger partial charge is 0.271 e. The monoisotopic (exact) mass is 292 g/mol. The Labute approximate surface area is 109 Å². The molecule has 0 atom stereocenters. The van der Waals surface area contributed by atoms with Crippen LogP contribution in [0.15, 0.2) is 17.0 Å². The van der Waals surface area contributed by atoms with Crippen molar-refractivity contribution in [3.63, 3.8) is 0 Å². The van der Waals surface area contributed by atoms with Crippen LogP contribution in [0, 0.1) is 17.0 Å². The van der Waals surface area contributed by atoms with Gasteiger partial charge < -0.3 is 4.74 Å². The molecule has 1 aromatic rings. The summed E-state index contributed by atoms with van der Waals surface area (Å²) >= 11 is 0. The largest absolute Gasteiger partial charge is 0.492 e. The summed E-state index contributed by atoms with van der Waals surface area (Å²) in [5.41, 5.74) is -0.156. The minimum atomic E-state index is -4.17. The van der Waals surface area contributed by atoms with E-state index in [0.29, 0.717) is 0 Å². The van der Waals surface area contributed by atoms with Gasteiger partial charge in [-0.3, -0.25) is 14.5 Å². The highest BCUT2D eigenvalue weighted by molar-refractivity contribution is 7.89. The molecule has 0 aliphatic carbocycles. The van der Waals surface area contributed by atoms with Crippen LogP contribution in [-0.2, 0) is 10.0 Å². The number of alkyl halides is 1. The second-order valence-electron chi connectivity index (χ2n) is 3.78. The highest BCUT2D eigenvalue weighted by atomic mass is 32.2. The van der Waals surface area contributed by atoms with Gasteiger partial charge in [-0.25, -0.2) is 13.6 Å². The number of primary sulfonamides is 1. The quantitative estimate of drug-likeness (QED) is 0.482. The van der Waals surface area contributed by atoms with E-state index in [1.807, 2.05) is 0 Å². The van der Waals surface area contributed by atoms with Gasteiger partial charge in [0.15, 0.2) is 0 Å². The second-order valence-corrected chi connectivity index (χ2v) is 5.31. The predicted octanol–water partition coefficient (Wildman–Crippen LogP) is 1.29. The maximum atomic E-state index is 12.0. The molecule has 1 rings (SSSR count). The average Bonchev–Trinajstić information content (AvgIpc) is 2.29. The standard InChI is InChI=1S/C10H13FN2O5S/c1-7-5-8(13(14)15)6-9(19(12,16)17)10(7)18-4-2-3-11/h5-6H,2-4H2,1H3,(H2,12,16,17). The van der Waals surface area contributed by atoms with Crippen molar-refractivity contribution in [1.82, 2.24) is 0 Å². The van der Waals surface area contributed by atoms with Gasteiger partial charge in [-0.2, -0.15) is 0 Å². The molecule has 1 aromatic carbocycles. The lowest BCUT2D eigenvalue weighted by Crippen LogP contribution is -2.15. The Balaban J connectivity index is 3.32. The number of nitro benzene ring substituents is 1. The van der Waals surface area contributed by atoms with Crippen LogP contribution in [-0.4, -0.2) is 26.6 Å². The van der Waals surface area contributed by atoms with E-state index in [0.717, 1.165) is 6.07 Å². The van der Waals surface area contributed by atoms with E-state index in [4.69, 9.17) is 9.88 Å². The number of non-ortho nitro benzene ring substituents is 1. The highest BCUT2D eigenvalue weighted by Gasteiger charge is 2.22. The number of rotatable bonds is 6. The molecule has 7 nitrogen and oxygen atoms in total. The summed E-state index contributed by atoms with van der Waals surface area (Å²) in [5.74, 6) is -0.0819. The maximum absolute atomic E-state index is 12.0. The number of aryl methyl sites for hydroxylation is 1. The van der Waals surface area contributed by atoms with Crippen molar-refractivity contribution in [2.24, 2.45) is 5.14 Å². The Morgan fingerprint density at radius 2 is 2.11 bits per heavy atom. The van der Waals surface area contributed by atoms with Crippen LogP contribution < -0.4 is 9.88 Å². The van der Waals surface area contributed by atoms with Crippen molar-refractivity contribution >= 4 is 15.7 Å². The Hall–Kier alpha value is -1.74. The van der Waals surface area contributed by atoms with Gasteiger partial charge >= 0.3 is 0 Å². The third-order valence-corrected chi connectivity index (χ3v) is 3.18. The lowest BCUT2D eigenvalue weighted by atomic mass is 10.2. The molecule has 0 radical (unpaired) electrons. The molecule has 0 amide bonds. The number of hydrogen-bond acceptors (Lipinski definition) is 5. The van der Waals surface area contributed by atoms with Crippen molar-refractivity contribution in [3.8, 4) is 5.75 Å². The topological polar surface area (TPSA) is 113 Å². The van der Waals surface area contributed by atoms with E-state index in [2.05, 4.69) is 0 Å². The SMILES string of the molecule is Cc1cc([N+](=O)[O-])cc(S(N)(=O)=O)c1OCCCF. The molecule has 19 heavy (non-hydrogen) atoms. The van der Waals surface area contributed by atoms with Crippen molar-refractivity contribution in [2.45, 2.75) is 18.2 Å². The third kappa shape index (κ3) is 3.86. The van der Waals surface area contributed by atoms with Crippen LogP contribution >= 0.6 is 0 Å². The number of sulfonamides is 1. The van der Waals surface area contributed by atoms with Crippen LogP contribution in [0.5, 0.6) is 5.75 Å². The fourth-order valence-electron chi connectivity index (χ4n) is 1.45. The maximum Gasteiger partial charge on any atom is 0.271 e. The normalized spacial score (nSPS) is 11.3. The number of hydrogen-bond donors (Lipinski definition) is 1. The van der Waals surface area contributed by atoms with E-state index in [9.17, 15) is 22.9 Å². The summed E-state index contributed by atoms with van der Waals surface area (Å²) in [6.07, 6.45) is 0.0838. The minimum absolute atomic E-state index is 0.0440. The zero-order valence-corrected chi connectivity index (χ0v) is 10.9. The van der Waals surface area contributed by atoms with Gasteiger partial charge in [-0.1, -0.05) is 0 Å². The van der Waals surface area contributed by atoms with Crippen LogP contribution in [0.1, 0.15) is 12.0 Å². The fraction of sp³-hybridized carbons (Fsp3) is 0.400. The van der Waals surface area contributed by atoms with E-state index < -0.39 is 32.2 Å². The first-order valence-electron chi connectivity index (χ1n) is 5.28. The molecule has 0 bridgehead atoms. The van der Waals surface area contributed by atoms with E-state index >= 15 is 0 Å². The van der Waals surface area contributed by atoms with Crippen LogP contribution in [0.25, 0.3) is 0 Å². The van der Waals surface area contributed by atoms with E-state index in [1.54, 1.807) is 0 Å². The molecular weight excluding hydrogens is 279 g/mol. The van der Waals surface area contributed by atoms with Gasteiger partial charge in [0.05, 0.1) is 18.2 Å². The van der Waals surface area contributed by atoms with Gasteiger partial charge in [-0.15, -0.1) is 0 Å². The molecule has 0 spiro atoms. The highest BCUT2D eigenvalue weighted by Crippen LogP contribution is 2.31. The zero-order chi connectivity index (χ0) is 14.6. The molecule has 0 fully saturated rings. The molecule has 0 aromatic heterocycles. The second kappa shape index (κ2) is 5.93. The van der Waals surface area contributed by atoms with Gasteiger partial charge in [0.2, 0.25) is 10.0 Å². The number of nitrogens with two attached hydrogens (primary N) is 1. The third-order valence-electron chi connectivity index (χ3n) is 2.27. The van der Waals surface area contributed by atoms with Crippen LogP contribution in [0.3, 0.4) is 0 Å². The Bertz CT molecular complexity index is 588. The van der Waals surface area contributed by atoms with Crippen LogP contribution in [0.4, 0.5) is 10.1 Å². The first-order valence-corrected chi connectivity index (χ1v) is 6.82. The van der Waals surface area contributed by atoms with Gasteiger partial charge in [0.1, 0.15) is 10.6 Å². The lowest BCUT2D eigenvalue weighted by Gasteiger charge is -2.12. The number of nitrogens with zero attached hydrogens (tertiary/aromatic N) is 1. The first-order chi connectivity index (χ1) is 8.77. The fourth-order valence-corrected chi connectivity index (χ4v) is 2.22. The van der Waals surface area contributed by atoms with E-state index in [-0.39, 0.29) is 24.3 Å². The summed E-state index contributed by atoms with van der Waals surface area (Å²) in [4.78, 5) is 9.48. The lowest BCUT2D eigenvalue weighted by molar-refractivity contribution is -0.385. The summed E-state index contributed by atoms with van der Waals surface area (Å²) in [6.45, 7) is 0.793. The molecule has 0 heterocycles. The minimum Gasteiger partial charge on any atom is -0.492 e. The van der Waals surface area contributed by atoms with Crippen LogP contribution in [0.2, 0.25) is 0 Å². The summed E-state index contributed by atoms with van der Waals surface area (Å²) in [5, 5.41) is 15.7. The first kappa shape index (κ1) is 15.3. The number of benzene rings is 1. The van der Waals surface area contributed by atoms with Gasteiger partial charge in [-0.05, 0) is 12.5 Å². The molecule has 9 heteroatoms. The zero-order valence-electron chi connectivity index (χ0n) is 10.1. The summed E-state index contributed by atoms with van der Waals surface area (Å²) < 4.78 is 40.0. The number of ether oxygens (including phenoxy) is 1. The molecule has 0 unspecified atom stereocenters. The summed E-state index contributed by atoms with van der Waals surface area (Å²) in [7, 11) is -4.17. The Morgan fingerprint density at radius 3 is 2.58 bits per heavy atom. The Morgan fingerprint density at radius 1 is 1.47 bits per heavy atom. The molecular formula is C10H13FN2O5S. The van der Waals surface area contributed by atoms with Crippen molar-refractivity contribution < 1.29 is 22.5 Å². The summed E-state index contributed by atoms with van der Waals surface area (Å²) in [6, 6.07) is 1.99.